The van der Waals surface area contributed by atoms with Gasteiger partial charge in [-0.3, -0.25) is 4.79 Å². The van der Waals surface area contributed by atoms with Crippen LogP contribution < -0.4 is 0 Å². The number of amides is 1. The second-order valence-corrected chi connectivity index (χ2v) is 15.0. The molecule has 0 aromatic carbocycles. The Kier molecular flexibility index (Phi) is 12.3. The Morgan fingerprint density at radius 2 is 1.57 bits per heavy atom. The van der Waals surface area contributed by atoms with E-state index in [0.717, 1.165) is 25.8 Å². The van der Waals surface area contributed by atoms with E-state index in [2.05, 4.69) is 66.9 Å². The highest BCUT2D eigenvalue weighted by molar-refractivity contribution is 6.90. The summed E-state index contributed by atoms with van der Waals surface area (Å²) >= 11 is 0. The molecule has 0 saturated heterocycles. The molecule has 0 aliphatic carbocycles. The number of hydrogen-bond acceptors (Lipinski definition) is 2. The molecule has 3 nitrogen and oxygen atoms in total. The lowest BCUT2D eigenvalue weighted by Gasteiger charge is -2.38. The third kappa shape index (κ3) is 7.56. The summed E-state index contributed by atoms with van der Waals surface area (Å²) in [5, 5.41) is 0. The molecular formula is C24H47NO2Si. The minimum absolute atomic E-state index is 0.0814. The first-order valence-corrected chi connectivity index (χ1v) is 13.5. The van der Waals surface area contributed by atoms with Crippen molar-refractivity contribution in [1.29, 1.82) is 0 Å². The molecule has 28 heavy (non-hydrogen) atoms. The summed E-state index contributed by atoms with van der Waals surface area (Å²) in [5.74, 6) is 3.98. The second-order valence-electron chi connectivity index (χ2n) is 9.42. The average molecular weight is 410 g/mol. The maximum Gasteiger partial charge on any atom is 0.222 e. The Morgan fingerprint density at radius 3 is 1.96 bits per heavy atom. The number of methoxy groups -OCH3 is 1. The van der Waals surface area contributed by atoms with Crippen molar-refractivity contribution in [3.63, 3.8) is 0 Å². The van der Waals surface area contributed by atoms with E-state index >= 15 is 0 Å². The highest BCUT2D eigenvalue weighted by atomic mass is 28.3. The van der Waals surface area contributed by atoms with Crippen LogP contribution in [0.15, 0.2) is 0 Å². The number of rotatable bonds is 12. The van der Waals surface area contributed by atoms with Gasteiger partial charge in [-0.25, -0.2) is 0 Å². The fourth-order valence-corrected chi connectivity index (χ4v) is 10.1. The van der Waals surface area contributed by atoms with E-state index in [4.69, 9.17) is 4.74 Å². The molecule has 0 aromatic rings. The molecule has 0 aliphatic heterocycles. The first kappa shape index (κ1) is 27.2. The molecule has 0 N–H and O–H groups in total. The maximum absolute atomic E-state index is 12.7. The van der Waals surface area contributed by atoms with E-state index in [1.54, 1.807) is 7.11 Å². The van der Waals surface area contributed by atoms with Crippen molar-refractivity contribution in [3.05, 3.63) is 0 Å². The van der Waals surface area contributed by atoms with Crippen LogP contribution in [0.4, 0.5) is 0 Å². The number of ether oxygens (including phenoxy) is 1. The highest BCUT2D eigenvalue weighted by Crippen LogP contribution is 2.41. The highest BCUT2D eigenvalue weighted by Gasteiger charge is 2.42. The van der Waals surface area contributed by atoms with E-state index < -0.39 is 8.07 Å². The van der Waals surface area contributed by atoms with Crippen molar-refractivity contribution >= 4 is 14.0 Å². The van der Waals surface area contributed by atoms with Gasteiger partial charge in [0.15, 0.2) is 0 Å². The molecule has 0 heterocycles. The van der Waals surface area contributed by atoms with E-state index in [-0.39, 0.29) is 11.3 Å². The van der Waals surface area contributed by atoms with Gasteiger partial charge in [-0.1, -0.05) is 54.9 Å². The molecule has 0 fully saturated rings. The molecule has 0 aliphatic rings. The zero-order valence-electron chi connectivity index (χ0n) is 20.4. The molecule has 4 heteroatoms. The molecule has 0 bridgehead atoms. The first-order chi connectivity index (χ1) is 13.0. The number of likely N-dealkylation sites (N-methyl/N-ethyl adjacent to an activating group) is 1. The Hall–Kier alpha value is -0.793. The van der Waals surface area contributed by atoms with Crippen molar-refractivity contribution in [2.45, 2.75) is 105 Å². The molecule has 0 rings (SSSR count). The number of hydrogen-bond donors (Lipinski definition) is 0. The van der Waals surface area contributed by atoms with Gasteiger partial charge in [0.05, 0.1) is 6.61 Å². The Bertz CT molecular complexity index is 497. The van der Waals surface area contributed by atoms with Crippen LogP contribution in [0.25, 0.3) is 0 Å². The third-order valence-electron chi connectivity index (χ3n) is 6.44. The van der Waals surface area contributed by atoms with Gasteiger partial charge in [-0.05, 0) is 43.3 Å². The first-order valence-electron chi connectivity index (χ1n) is 11.3. The fourth-order valence-electron chi connectivity index (χ4n) is 4.70. The van der Waals surface area contributed by atoms with E-state index in [0.29, 0.717) is 36.2 Å². The minimum atomic E-state index is -1.74. The average Bonchev–Trinajstić information content (AvgIpc) is 2.60. The molecule has 164 valence electrons. The van der Waals surface area contributed by atoms with Crippen LogP contribution in [0, 0.1) is 16.9 Å². The van der Waals surface area contributed by atoms with Crippen LogP contribution in [0.3, 0.4) is 0 Å². The smallest absolute Gasteiger partial charge is 0.222 e. The summed E-state index contributed by atoms with van der Waals surface area (Å²) in [7, 11) is -0.0608. The lowest BCUT2D eigenvalue weighted by atomic mass is 9.82. The molecule has 0 saturated carbocycles. The largest absolute Gasteiger partial charge is 0.383 e. The Morgan fingerprint density at radius 1 is 1.04 bits per heavy atom. The summed E-state index contributed by atoms with van der Waals surface area (Å²) in [6.45, 7) is 22.7. The SMILES string of the molecule is CCC[C@](C)(C#C[Si](C(C)C)(C(C)C)C(C)C)CCC(=O)N(CC)CCOC. The predicted octanol–water partition coefficient (Wildman–Crippen LogP) is 6.29. The Labute approximate surface area is 177 Å². The lowest BCUT2D eigenvalue weighted by molar-refractivity contribution is -0.132. The van der Waals surface area contributed by atoms with E-state index in [1.165, 1.54) is 0 Å². The zero-order valence-corrected chi connectivity index (χ0v) is 21.4. The molecule has 0 radical (unpaired) electrons. The van der Waals surface area contributed by atoms with Crippen LogP contribution in [-0.2, 0) is 9.53 Å². The molecule has 1 atom stereocenters. The molecule has 0 unspecified atom stereocenters. The van der Waals surface area contributed by atoms with Crippen LogP contribution in [0.1, 0.15) is 88.0 Å². The summed E-state index contributed by atoms with van der Waals surface area (Å²) in [6, 6.07) is 0. The monoisotopic (exact) mass is 409 g/mol. The maximum atomic E-state index is 12.7. The van der Waals surface area contributed by atoms with Crippen LogP contribution in [0.5, 0.6) is 0 Å². The van der Waals surface area contributed by atoms with E-state index in [1.807, 2.05) is 11.8 Å². The van der Waals surface area contributed by atoms with Crippen LogP contribution in [0.2, 0.25) is 16.6 Å². The van der Waals surface area contributed by atoms with Gasteiger partial charge in [-0.15, -0.1) is 11.5 Å². The fraction of sp³-hybridized carbons (Fsp3) is 0.875. The molecule has 0 spiro atoms. The van der Waals surface area contributed by atoms with Crippen molar-refractivity contribution in [1.82, 2.24) is 4.90 Å². The van der Waals surface area contributed by atoms with Gasteiger partial charge in [0.2, 0.25) is 5.91 Å². The predicted molar refractivity (Wildman–Crippen MR) is 125 cm³/mol. The van der Waals surface area contributed by atoms with Gasteiger partial charge in [0.1, 0.15) is 8.07 Å². The number of carbonyl (C=O) groups excluding carboxylic acids is 1. The van der Waals surface area contributed by atoms with Crippen LogP contribution in [-0.4, -0.2) is 45.7 Å². The standard InChI is InChI=1S/C24H47NO2Si/c1-11-14-24(9,15-13-23(26)25(12-2)17-18-27-10)16-19-28(20(3)4,21(5)6)22(7)8/h20-22H,11-15,17-18H2,1-10H3/t24-/m0/s1. The van der Waals surface area contributed by atoms with Crippen molar-refractivity contribution in [3.8, 4) is 11.5 Å². The third-order valence-corrected chi connectivity index (χ3v) is 12.7. The zero-order chi connectivity index (χ0) is 22.0. The molecular weight excluding hydrogens is 362 g/mol. The summed E-state index contributed by atoms with van der Waals surface area (Å²) < 4.78 is 5.14. The molecule has 1 amide bonds. The van der Waals surface area contributed by atoms with Gasteiger partial charge < -0.3 is 9.64 Å². The van der Waals surface area contributed by atoms with E-state index in [9.17, 15) is 4.79 Å². The van der Waals surface area contributed by atoms with Gasteiger partial charge in [0, 0.05) is 32.0 Å². The van der Waals surface area contributed by atoms with Gasteiger partial charge in [-0.2, -0.15) is 0 Å². The number of nitrogens with zero attached hydrogens (tertiary/aromatic N) is 1. The molecule has 0 aromatic heterocycles. The summed E-state index contributed by atoms with van der Waals surface area (Å²) in [4.78, 5) is 14.6. The number of carbonyl (C=O) groups is 1. The normalized spacial score (nSPS) is 14.2. The summed E-state index contributed by atoms with van der Waals surface area (Å²) in [6.07, 6.45) is 3.56. The quantitative estimate of drug-likeness (QED) is 0.280. The van der Waals surface area contributed by atoms with Gasteiger partial charge in [0.25, 0.3) is 0 Å². The van der Waals surface area contributed by atoms with Crippen molar-refractivity contribution in [2.24, 2.45) is 5.41 Å². The lowest BCUT2D eigenvalue weighted by Crippen LogP contribution is -2.43. The van der Waals surface area contributed by atoms with Crippen molar-refractivity contribution < 1.29 is 9.53 Å². The van der Waals surface area contributed by atoms with Crippen molar-refractivity contribution in [2.75, 3.05) is 26.8 Å². The summed E-state index contributed by atoms with van der Waals surface area (Å²) in [5.41, 5.74) is 5.73. The second kappa shape index (κ2) is 12.7. The minimum Gasteiger partial charge on any atom is -0.383 e. The topological polar surface area (TPSA) is 29.5 Å². The van der Waals surface area contributed by atoms with Crippen LogP contribution >= 0.6 is 0 Å². The van der Waals surface area contributed by atoms with Gasteiger partial charge >= 0.3 is 0 Å². The Balaban J connectivity index is 5.54.